The second-order valence-electron chi connectivity index (χ2n) is 28.7. The van der Waals surface area contributed by atoms with Crippen LogP contribution in [-0.4, -0.2) is 172 Å². The van der Waals surface area contributed by atoms with Gasteiger partial charge in [-0.3, -0.25) is 22.5 Å². The maximum atomic E-state index is 12.0. The number of carbonyl (C=O) groups is 2. The van der Waals surface area contributed by atoms with E-state index in [1.54, 1.807) is 6.92 Å². The summed E-state index contributed by atoms with van der Waals surface area (Å²) in [5.41, 5.74) is 6.18. The summed E-state index contributed by atoms with van der Waals surface area (Å²) in [7, 11) is -17.5. The molecule has 0 aromatic heterocycles. The number of halogens is 4. The van der Waals surface area contributed by atoms with E-state index in [1.807, 2.05) is 66.7 Å². The third-order valence-electron chi connectivity index (χ3n) is 18.9. The normalized spacial score (nSPS) is 15.7. The zero-order valence-corrected chi connectivity index (χ0v) is 75.8. The fourth-order valence-corrected chi connectivity index (χ4v) is 15.0. The van der Waals surface area contributed by atoms with Crippen molar-refractivity contribution in [1.82, 2.24) is 9.15 Å². The summed E-state index contributed by atoms with van der Waals surface area (Å²) in [5.74, 6) is 1.10. The van der Waals surface area contributed by atoms with Gasteiger partial charge in [0.05, 0.1) is 54.2 Å². The van der Waals surface area contributed by atoms with Gasteiger partial charge in [-0.05, 0) is 165 Å². The number of carbonyl (C=O) groups excluding carboxylic acids is 1. The molecule has 0 saturated heterocycles. The van der Waals surface area contributed by atoms with Gasteiger partial charge >= 0.3 is 78.6 Å². The molecule has 113 heavy (non-hydrogen) atoms. The number of ether oxygens (including phenoxy) is 4. The number of anilines is 1. The van der Waals surface area contributed by atoms with Gasteiger partial charge in [0.25, 0.3) is 6.48 Å². The fourth-order valence-electron chi connectivity index (χ4n) is 13.1. The Morgan fingerprint density at radius 3 is 1.53 bits per heavy atom. The molecule has 618 valence electrons. The van der Waals surface area contributed by atoms with Crippen molar-refractivity contribution in [2.45, 2.75) is 193 Å². The predicted molar refractivity (Wildman–Crippen MR) is 413 cm³/mol. The molecule has 25 nitrogen and oxygen atoms in total. The molecule has 8 rings (SSSR count). The minimum Gasteiger partial charge on any atom is -1.00 e. The van der Waals surface area contributed by atoms with Crippen LogP contribution < -0.4 is 88.6 Å². The Bertz CT molecular complexity index is 4810. The number of carboxylic acid groups (broad SMARTS) is 1. The Kier molecular flexibility index (Phi) is 43.0. The van der Waals surface area contributed by atoms with Crippen LogP contribution in [0.25, 0.3) is 28.7 Å². The molecule has 2 unspecified atom stereocenters. The van der Waals surface area contributed by atoms with Crippen LogP contribution in [0.2, 0.25) is 0 Å². The quantitative estimate of drug-likeness (QED) is 0.0184. The van der Waals surface area contributed by atoms with Crippen LogP contribution in [0.3, 0.4) is 0 Å². The predicted octanol–water partition coefficient (Wildman–Crippen LogP) is 2.80. The van der Waals surface area contributed by atoms with Gasteiger partial charge in [0.15, 0.2) is 5.71 Å². The number of hydrogen-bond donors (Lipinski definition) is 1. The number of esters is 1. The van der Waals surface area contributed by atoms with Crippen LogP contribution in [0.1, 0.15) is 182 Å². The summed E-state index contributed by atoms with van der Waals surface area (Å²) < 4.78 is 205. The number of carboxylic acids is 1. The number of benzene rings is 4. The van der Waals surface area contributed by atoms with Gasteiger partial charge in [-0.2, -0.15) is 4.58 Å². The van der Waals surface area contributed by atoms with Crippen molar-refractivity contribution >= 4 is 83.1 Å². The van der Waals surface area contributed by atoms with E-state index in [0.717, 1.165) is 71.4 Å². The number of allylic oxidation sites excluding steroid dienone is 3. The average Bonchev–Trinajstić information content (AvgIpc) is 1.50. The second kappa shape index (κ2) is 46.0. The van der Waals surface area contributed by atoms with E-state index >= 15 is 0 Å². The number of fused-ring (bicyclic) bond motifs is 4. The maximum Gasteiger partial charge on any atom is 1.00 e. The van der Waals surface area contributed by atoms with E-state index in [4.69, 9.17) is 13.6 Å². The zero-order chi connectivity index (χ0) is 83.3. The Labute approximate surface area is 708 Å². The third kappa shape index (κ3) is 31.1. The summed E-state index contributed by atoms with van der Waals surface area (Å²) in [6, 6.07) is 24.9. The monoisotopic (exact) mass is 1680 g/mol. The molecule has 4 aliphatic heterocycles. The van der Waals surface area contributed by atoms with Crippen molar-refractivity contribution in [3.05, 3.63) is 147 Å². The molecule has 2 aromatic rings. The molecule has 36 heteroatoms. The summed E-state index contributed by atoms with van der Waals surface area (Å²) in [5, 5.41) is 11.7. The van der Waals surface area contributed by atoms with E-state index in [2.05, 4.69) is 130 Å². The molecule has 0 bridgehead atoms. The molecule has 2 aromatic carbocycles. The van der Waals surface area contributed by atoms with E-state index in [0.29, 0.717) is 47.5 Å². The van der Waals surface area contributed by atoms with Crippen molar-refractivity contribution in [2.75, 3.05) is 83.6 Å². The van der Waals surface area contributed by atoms with Crippen molar-refractivity contribution in [2.24, 2.45) is 0 Å². The molecule has 0 amide bonds. The molecule has 6 aliphatic rings. The maximum absolute atomic E-state index is 12.0. The molecule has 2 atom stereocenters. The Morgan fingerprint density at radius 1 is 0.628 bits per heavy atom. The van der Waals surface area contributed by atoms with Crippen LogP contribution in [0, 0.1) is 6.92 Å². The van der Waals surface area contributed by atoms with Crippen LogP contribution in [0.15, 0.2) is 121 Å². The molecular weight excluding hydrogens is 1580 g/mol. The van der Waals surface area contributed by atoms with Crippen molar-refractivity contribution in [3.63, 3.8) is 0 Å². The summed E-state index contributed by atoms with van der Waals surface area (Å²) in [6.45, 7) is 34.6. The van der Waals surface area contributed by atoms with Gasteiger partial charge in [0.2, 0.25) is 16.4 Å². The third-order valence-corrected chi connectivity index (χ3v) is 22.1. The largest absolute Gasteiger partial charge is 1.00 e. The Morgan fingerprint density at radius 2 is 1.08 bits per heavy atom. The summed E-state index contributed by atoms with van der Waals surface area (Å²) >= 11 is 0. The number of aryl methyl sites for hydroxylation is 1. The number of hydrogen-bond acceptors (Lipinski definition) is 21. The van der Waals surface area contributed by atoms with Crippen molar-refractivity contribution < 1.29 is 176 Å². The smallest absolute Gasteiger partial charge is 1.00 e. The minimum absolute atomic E-state index is 0. The molecule has 0 spiro atoms. The molecule has 0 radical (unpaired) electrons. The van der Waals surface area contributed by atoms with Crippen molar-refractivity contribution in [1.29, 1.82) is 0 Å². The van der Waals surface area contributed by atoms with E-state index in [9.17, 15) is 79.5 Å². The van der Waals surface area contributed by atoms with Gasteiger partial charge < -0.3 is 60.7 Å². The Balaban J connectivity index is 0.000000845. The van der Waals surface area contributed by atoms with Crippen LogP contribution >= 0.6 is 0 Å². The zero-order valence-electron chi connectivity index (χ0n) is 68.5. The van der Waals surface area contributed by atoms with Gasteiger partial charge in [0.1, 0.15) is 76.0 Å². The van der Waals surface area contributed by atoms with Crippen molar-refractivity contribution in [3.8, 4) is 22.6 Å². The van der Waals surface area contributed by atoms with Crippen LogP contribution in [0.4, 0.5) is 24.3 Å². The van der Waals surface area contributed by atoms with E-state index in [-0.39, 0.29) is 137 Å². The molecule has 2 aliphatic carbocycles. The van der Waals surface area contributed by atoms with Gasteiger partial charge in [-0.15, -0.1) is 0 Å². The first-order chi connectivity index (χ1) is 51.0. The first-order valence-electron chi connectivity index (χ1n) is 36.1. The minimum atomic E-state index is -4.81. The number of rotatable bonds is 28. The van der Waals surface area contributed by atoms with Crippen LogP contribution in [-0.2, 0) is 90.7 Å². The average molecular weight is 1690 g/mol. The van der Waals surface area contributed by atoms with E-state index in [1.165, 1.54) is 74.2 Å². The summed E-state index contributed by atoms with van der Waals surface area (Å²) in [4.78, 5) is 24.2. The molecule has 1 N–H and O–H groups in total. The first-order valence-corrected chi connectivity index (χ1v) is 42.0. The number of nitrogens with zero attached hydrogens (tertiary/aromatic N) is 4. The molecule has 0 saturated carbocycles. The number of methoxy groups -OCH3 is 3. The topological polar surface area (TPSA) is 359 Å². The second-order valence-corrected chi connectivity index (χ2v) is 34.5. The van der Waals surface area contributed by atoms with E-state index < -0.39 is 87.7 Å². The fraction of sp³-hybridized carbons (Fsp3) is 0.519. The first kappa shape index (κ1) is 106. The van der Waals surface area contributed by atoms with Crippen LogP contribution in [0.5, 0.6) is 0 Å². The standard InChI is InChI=1S/C36H46N2O9S2.C19H27NO8S2.C18H26NO.C4H10O3.BF3.FH.2Na/c1-7-37(8-2)26-15-17-28-25(22-33(35(3,4)5)47-31(28)23-26)12-9-13-32-36(6,19-10-14-34(39)40)29-24-27(49(44,45)46)16-18-30(29)38(32)20-11-21-48(41,42)43;1-4-28-18(21)7-5-10-19(3)14(2)20(11-6-12-29(22,23)24)17-9-8-15(13-16(17)19)30(25,26)27;1-7-19(8-2)14-9-10-15-13(3)11-17(18(4,5)6)20-16(15)12-14;1-5-4(6-2)7-3;2-1(3)4;;;/h9,12-13,15-18,22-24H,7-8,10-11,14,19-21H2,1-6H3,(H2-,39,40,41,42,43,44,45,46);8-9,13H,4-7,10-12H2,1-3H3,(H-,22,23,24,25,26,27);9-12H,7-8H2,1-6H3;4H,1-3H3;;1H;;/q;;+1;;;;2*+1/p-3. The van der Waals surface area contributed by atoms with Gasteiger partial charge in [-0.1, -0.05) is 53.7 Å². The SMILES string of the molecule is CCOC(=O)CCCC1(C)C(C)=[N+](CCCS(=O)(=O)[O-])c2ccc(S(=O)(=O)[O-])cc21.CC[N+](CC)=c1ccc2c(C)cc(C(C)(C)C)oc-2c1.CC[N+](CC)=c1ccc2c(C=CC=C3N(CCCS(=O)(=O)[O-])c4ccc(S(=O)(=O)[O-])cc4C3(C)CCCC(=O)O)cc(C(C)(C)C)oc-2c1.COC(OC)OC.FB(F)F.[F-].[Na+].[Na+]. The molecule has 0 fully saturated rings. The van der Waals surface area contributed by atoms with Gasteiger partial charge in [0, 0.05) is 128 Å². The van der Waals surface area contributed by atoms with Gasteiger partial charge in [-0.25, -0.2) is 42.8 Å². The number of aliphatic carboxylic acids is 1. The summed E-state index contributed by atoms with van der Waals surface area (Å²) in [6.07, 6.45) is 7.29. The Hall–Kier alpha value is -5.51. The molecule has 4 heterocycles. The molecular formula is C77H107BF4N4Na2O21S4.